The quantitative estimate of drug-likeness (QED) is 0.165. The normalized spacial score (nSPS) is 14.5. The smallest absolute Gasteiger partial charge is 0.310 e. The van der Waals surface area contributed by atoms with Gasteiger partial charge in [0.15, 0.2) is 9.84 Å². The number of benzene rings is 4. The summed E-state index contributed by atoms with van der Waals surface area (Å²) in [5.41, 5.74) is 5.54. The van der Waals surface area contributed by atoms with Gasteiger partial charge in [0.05, 0.1) is 32.6 Å². The first-order valence-electron chi connectivity index (χ1n) is 15.8. The van der Waals surface area contributed by atoms with Crippen LogP contribution in [-0.2, 0) is 34.2 Å². The molecule has 6 aromatic rings. The zero-order chi connectivity index (χ0) is 32.6. The van der Waals surface area contributed by atoms with Gasteiger partial charge < -0.3 is 14.4 Å². The molecular weight excluding hydrogens is 611 g/mol. The number of carboxylic acid groups (broad SMARTS) is 1. The summed E-state index contributed by atoms with van der Waals surface area (Å²) in [6.45, 7) is 0.839. The van der Waals surface area contributed by atoms with Crippen molar-refractivity contribution in [2.75, 3.05) is 6.26 Å². The SMILES string of the molecule is CS(=O)(=O)c1ccc(-c2ccc(Cn3c(CC4(C(=O)O)CCCC4)nc4cc(OCc5ccc6ccccc6n5)ccc43)cc2)cc1. The van der Waals surface area contributed by atoms with Crippen LogP contribution in [0.3, 0.4) is 0 Å². The second-order valence-electron chi connectivity index (χ2n) is 12.5. The van der Waals surface area contributed by atoms with Crippen LogP contribution in [0, 0.1) is 5.41 Å². The van der Waals surface area contributed by atoms with Crippen LogP contribution in [0.1, 0.15) is 42.8 Å². The number of carbonyl (C=O) groups is 1. The molecule has 0 spiro atoms. The first-order chi connectivity index (χ1) is 22.7. The van der Waals surface area contributed by atoms with Crippen molar-refractivity contribution in [1.82, 2.24) is 14.5 Å². The van der Waals surface area contributed by atoms with E-state index in [9.17, 15) is 18.3 Å². The molecule has 8 nitrogen and oxygen atoms in total. The summed E-state index contributed by atoms with van der Waals surface area (Å²) in [5.74, 6) is 0.661. The van der Waals surface area contributed by atoms with Crippen LogP contribution in [0.4, 0.5) is 0 Å². The third kappa shape index (κ3) is 6.36. The molecule has 1 saturated carbocycles. The van der Waals surface area contributed by atoms with Gasteiger partial charge in [-0.15, -0.1) is 0 Å². The van der Waals surface area contributed by atoms with Gasteiger partial charge >= 0.3 is 5.97 Å². The first kappa shape index (κ1) is 30.6. The van der Waals surface area contributed by atoms with E-state index in [0.717, 1.165) is 63.0 Å². The maximum atomic E-state index is 12.5. The molecule has 2 heterocycles. The fourth-order valence-electron chi connectivity index (χ4n) is 6.61. The number of para-hydroxylation sites is 1. The molecule has 4 aromatic carbocycles. The van der Waals surface area contributed by atoms with Gasteiger partial charge in [-0.2, -0.15) is 0 Å². The number of imidazole rings is 1. The standard InChI is InChI=1S/C38H35N3O5S/c1-47(44,45)32-17-13-28(14-18-32)27-10-8-26(9-11-27)24-41-35-19-16-31(46-25-30-15-12-29-6-2-3-7-33(29)39-30)22-34(35)40-36(41)23-38(37(42)43)20-4-5-21-38/h2-3,6-19,22H,4-5,20-21,23-25H2,1H3,(H,42,43). The molecule has 0 amide bonds. The van der Waals surface area contributed by atoms with Crippen molar-refractivity contribution in [2.45, 2.75) is 50.2 Å². The highest BCUT2D eigenvalue weighted by Crippen LogP contribution is 2.42. The fraction of sp³-hybridized carbons (Fsp3) is 0.237. The first-order valence-corrected chi connectivity index (χ1v) is 17.7. The largest absolute Gasteiger partial charge is 0.487 e. The Morgan fingerprint density at radius 2 is 1.55 bits per heavy atom. The minimum atomic E-state index is -3.26. The lowest BCUT2D eigenvalue weighted by atomic mass is 9.82. The molecule has 9 heteroatoms. The number of hydrogen-bond acceptors (Lipinski definition) is 6. The van der Waals surface area contributed by atoms with E-state index in [1.807, 2.05) is 91.0 Å². The Hall–Kier alpha value is -5.02. The Bertz CT molecular complexity index is 2200. The number of carboxylic acids is 1. The zero-order valence-corrected chi connectivity index (χ0v) is 26.9. The van der Waals surface area contributed by atoms with Crippen molar-refractivity contribution in [3.63, 3.8) is 0 Å². The summed E-state index contributed by atoms with van der Waals surface area (Å²) in [4.78, 5) is 22.5. The number of nitrogens with zero attached hydrogens (tertiary/aromatic N) is 3. The van der Waals surface area contributed by atoms with Gasteiger partial charge in [-0.3, -0.25) is 4.79 Å². The molecule has 0 unspecified atom stereocenters. The van der Waals surface area contributed by atoms with E-state index in [2.05, 4.69) is 4.57 Å². The Labute approximate surface area is 273 Å². The van der Waals surface area contributed by atoms with Crippen LogP contribution >= 0.6 is 0 Å². The van der Waals surface area contributed by atoms with Crippen LogP contribution in [0.15, 0.2) is 108 Å². The molecule has 1 fully saturated rings. The van der Waals surface area contributed by atoms with Gasteiger partial charge in [-0.1, -0.05) is 73.5 Å². The summed E-state index contributed by atoms with van der Waals surface area (Å²) in [7, 11) is -3.26. The molecule has 2 aromatic heterocycles. The average molecular weight is 646 g/mol. The van der Waals surface area contributed by atoms with E-state index < -0.39 is 21.2 Å². The summed E-state index contributed by atoms with van der Waals surface area (Å²) >= 11 is 0. The highest BCUT2D eigenvalue weighted by atomic mass is 32.2. The van der Waals surface area contributed by atoms with Gasteiger partial charge in [-0.25, -0.2) is 18.4 Å². The molecule has 0 bridgehead atoms. The van der Waals surface area contributed by atoms with E-state index >= 15 is 0 Å². The van der Waals surface area contributed by atoms with Crippen LogP contribution < -0.4 is 4.74 Å². The van der Waals surface area contributed by atoms with Gasteiger partial charge in [0.1, 0.15) is 18.2 Å². The lowest BCUT2D eigenvalue weighted by molar-refractivity contribution is -0.148. The van der Waals surface area contributed by atoms with E-state index in [1.54, 1.807) is 12.1 Å². The maximum absolute atomic E-state index is 12.5. The summed E-state index contributed by atoms with van der Waals surface area (Å²) in [5, 5.41) is 11.4. The van der Waals surface area contributed by atoms with Crippen molar-refractivity contribution in [2.24, 2.45) is 5.41 Å². The second-order valence-corrected chi connectivity index (χ2v) is 14.5. The van der Waals surface area contributed by atoms with Gasteiger partial charge in [0.2, 0.25) is 0 Å². The Balaban J connectivity index is 1.17. The predicted octanol–water partition coefficient (Wildman–Crippen LogP) is 7.47. The molecule has 0 atom stereocenters. The zero-order valence-electron chi connectivity index (χ0n) is 26.1. The number of aliphatic carboxylic acids is 1. The molecule has 238 valence electrons. The highest BCUT2D eigenvalue weighted by Gasteiger charge is 2.42. The molecule has 0 radical (unpaired) electrons. The number of aromatic nitrogens is 3. The molecule has 0 aliphatic heterocycles. The summed E-state index contributed by atoms with van der Waals surface area (Å²) < 4.78 is 32.0. The third-order valence-corrected chi connectivity index (χ3v) is 10.4. The number of rotatable bonds is 10. The molecule has 7 rings (SSSR count). The topological polar surface area (TPSA) is 111 Å². The van der Waals surface area contributed by atoms with Crippen molar-refractivity contribution >= 4 is 37.7 Å². The average Bonchev–Trinajstić information content (AvgIpc) is 3.69. The van der Waals surface area contributed by atoms with Crippen molar-refractivity contribution in [3.05, 3.63) is 120 Å². The molecular formula is C38H35N3O5S. The molecule has 47 heavy (non-hydrogen) atoms. The van der Waals surface area contributed by atoms with E-state index in [0.29, 0.717) is 38.2 Å². The summed E-state index contributed by atoms with van der Waals surface area (Å²) in [6, 6.07) is 32.8. The van der Waals surface area contributed by atoms with E-state index in [4.69, 9.17) is 14.7 Å². The van der Waals surface area contributed by atoms with Gasteiger partial charge in [0, 0.05) is 30.7 Å². The van der Waals surface area contributed by atoms with Crippen molar-refractivity contribution in [1.29, 1.82) is 0 Å². The number of fused-ring (bicyclic) bond motifs is 2. The fourth-order valence-corrected chi connectivity index (χ4v) is 7.24. The molecule has 1 N–H and O–H groups in total. The van der Waals surface area contributed by atoms with Crippen LogP contribution in [0.5, 0.6) is 5.75 Å². The van der Waals surface area contributed by atoms with Crippen LogP contribution in [0.25, 0.3) is 33.1 Å². The van der Waals surface area contributed by atoms with E-state index in [-0.39, 0.29) is 4.90 Å². The monoisotopic (exact) mass is 645 g/mol. The second kappa shape index (κ2) is 12.3. The van der Waals surface area contributed by atoms with E-state index in [1.165, 1.54) is 6.26 Å². The lowest BCUT2D eigenvalue weighted by Crippen LogP contribution is -2.31. The number of hydrogen-bond donors (Lipinski definition) is 1. The summed E-state index contributed by atoms with van der Waals surface area (Å²) in [6.07, 6.45) is 4.66. The predicted molar refractivity (Wildman–Crippen MR) is 182 cm³/mol. The minimum absolute atomic E-state index is 0.290. The highest BCUT2D eigenvalue weighted by molar-refractivity contribution is 7.90. The maximum Gasteiger partial charge on any atom is 0.310 e. The lowest BCUT2D eigenvalue weighted by Gasteiger charge is -2.24. The Morgan fingerprint density at radius 3 is 2.26 bits per heavy atom. The number of pyridine rings is 1. The van der Waals surface area contributed by atoms with Crippen molar-refractivity contribution in [3.8, 4) is 16.9 Å². The van der Waals surface area contributed by atoms with Crippen LogP contribution in [0.2, 0.25) is 0 Å². The third-order valence-electron chi connectivity index (χ3n) is 9.26. The number of sulfone groups is 1. The molecule has 1 aliphatic carbocycles. The number of ether oxygens (including phenoxy) is 1. The van der Waals surface area contributed by atoms with Crippen LogP contribution in [-0.4, -0.2) is 40.3 Å². The molecule has 1 aliphatic rings. The minimum Gasteiger partial charge on any atom is -0.487 e. The van der Waals surface area contributed by atoms with Gasteiger partial charge in [-0.05, 0) is 65.9 Å². The molecule has 0 saturated heterocycles. The Kier molecular flexibility index (Phi) is 8.01. The van der Waals surface area contributed by atoms with Crippen molar-refractivity contribution < 1.29 is 23.1 Å². The van der Waals surface area contributed by atoms with Gasteiger partial charge in [0.25, 0.3) is 0 Å². The Morgan fingerprint density at radius 1 is 0.851 bits per heavy atom.